The van der Waals surface area contributed by atoms with Gasteiger partial charge in [0.05, 0.1) is 6.61 Å². The molecule has 1 heterocycles. The van der Waals surface area contributed by atoms with Gasteiger partial charge in [0.2, 0.25) is 5.88 Å². The maximum Gasteiger partial charge on any atom is 0.358 e. The third-order valence-corrected chi connectivity index (χ3v) is 1.80. The zero-order valence-electron chi connectivity index (χ0n) is 8.43. The van der Waals surface area contributed by atoms with Crippen LogP contribution in [0.1, 0.15) is 30.3 Å². The summed E-state index contributed by atoms with van der Waals surface area (Å²) in [6.45, 7) is 2.52. The number of unbranched alkanes of at least 4 members (excludes halogenated alkanes) is 1. The Morgan fingerprint density at radius 2 is 2.27 bits per heavy atom. The quantitative estimate of drug-likeness (QED) is 0.724. The molecule has 5 nitrogen and oxygen atoms in total. The van der Waals surface area contributed by atoms with E-state index in [1.54, 1.807) is 0 Å². The minimum absolute atomic E-state index is 0.221. The number of nitrogens with zero attached hydrogens (tertiary/aromatic N) is 1. The molecule has 0 aliphatic carbocycles. The number of carboxylic acids is 1. The van der Waals surface area contributed by atoms with Crippen LogP contribution in [0.25, 0.3) is 0 Å². The molecule has 1 aromatic rings. The Balaban J connectivity index is 2.74. The molecule has 0 fully saturated rings. The molecule has 0 bridgehead atoms. The van der Waals surface area contributed by atoms with Gasteiger partial charge in [-0.3, -0.25) is 0 Å². The number of carboxylic acid groups (broad SMARTS) is 1. The molecule has 2 N–H and O–H groups in total. The number of ether oxygens (including phenoxy) is 1. The zero-order chi connectivity index (χ0) is 11.3. The van der Waals surface area contributed by atoms with Crippen LogP contribution in [0.5, 0.6) is 11.6 Å². The third-order valence-electron chi connectivity index (χ3n) is 1.80. The van der Waals surface area contributed by atoms with E-state index >= 15 is 0 Å². The first-order chi connectivity index (χ1) is 7.15. The van der Waals surface area contributed by atoms with E-state index in [0.29, 0.717) is 6.61 Å². The highest BCUT2D eigenvalue weighted by atomic mass is 16.5. The van der Waals surface area contributed by atoms with E-state index in [1.165, 1.54) is 12.1 Å². The molecule has 0 saturated heterocycles. The van der Waals surface area contributed by atoms with Crippen LogP contribution >= 0.6 is 0 Å². The topological polar surface area (TPSA) is 79.7 Å². The van der Waals surface area contributed by atoms with Crippen molar-refractivity contribution in [3.05, 3.63) is 17.8 Å². The molecule has 0 aromatic carbocycles. The summed E-state index contributed by atoms with van der Waals surface area (Å²) >= 11 is 0. The monoisotopic (exact) mass is 211 g/mol. The highest BCUT2D eigenvalue weighted by Crippen LogP contribution is 2.18. The van der Waals surface area contributed by atoms with Crippen molar-refractivity contribution in [2.24, 2.45) is 0 Å². The molecular weight excluding hydrogens is 198 g/mol. The second-order valence-electron chi connectivity index (χ2n) is 3.02. The molecular formula is C10H13NO4. The van der Waals surface area contributed by atoms with E-state index in [9.17, 15) is 9.90 Å². The van der Waals surface area contributed by atoms with Gasteiger partial charge in [-0.25, -0.2) is 9.78 Å². The van der Waals surface area contributed by atoms with Gasteiger partial charge in [-0.15, -0.1) is 0 Å². The van der Waals surface area contributed by atoms with Gasteiger partial charge in [-0.05, 0) is 12.5 Å². The maximum atomic E-state index is 10.6. The highest BCUT2D eigenvalue weighted by Gasteiger charge is 2.12. The van der Waals surface area contributed by atoms with Crippen molar-refractivity contribution in [2.45, 2.75) is 19.8 Å². The summed E-state index contributed by atoms with van der Waals surface area (Å²) in [5.41, 5.74) is -0.385. The summed E-state index contributed by atoms with van der Waals surface area (Å²) in [7, 11) is 0. The first-order valence-electron chi connectivity index (χ1n) is 4.71. The lowest BCUT2D eigenvalue weighted by molar-refractivity contribution is 0.0685. The van der Waals surface area contributed by atoms with Gasteiger partial charge in [-0.1, -0.05) is 13.3 Å². The standard InChI is InChI=1S/C10H13NO4/c1-2-3-6-15-8-5-4-7(12)9(11-8)10(13)14/h4-5,12H,2-3,6H2,1H3,(H,13,14). The predicted molar refractivity (Wildman–Crippen MR) is 53.3 cm³/mol. The Hall–Kier alpha value is -1.78. The SMILES string of the molecule is CCCCOc1ccc(O)c(C(=O)O)n1. The normalized spacial score (nSPS) is 9.93. The van der Waals surface area contributed by atoms with Crippen molar-refractivity contribution < 1.29 is 19.7 Å². The smallest absolute Gasteiger partial charge is 0.358 e. The number of carbonyl (C=O) groups is 1. The summed E-state index contributed by atoms with van der Waals surface area (Å²) in [4.78, 5) is 14.3. The van der Waals surface area contributed by atoms with Crippen molar-refractivity contribution in [1.29, 1.82) is 0 Å². The van der Waals surface area contributed by atoms with Crippen LogP contribution in [-0.4, -0.2) is 27.8 Å². The van der Waals surface area contributed by atoms with Crippen LogP contribution in [0.3, 0.4) is 0 Å². The molecule has 1 rings (SSSR count). The van der Waals surface area contributed by atoms with Gasteiger partial charge < -0.3 is 14.9 Å². The second-order valence-corrected chi connectivity index (χ2v) is 3.02. The van der Waals surface area contributed by atoms with E-state index in [2.05, 4.69) is 4.98 Å². The second kappa shape index (κ2) is 5.19. The first kappa shape index (κ1) is 11.3. The van der Waals surface area contributed by atoms with Crippen LogP contribution in [0.2, 0.25) is 0 Å². The van der Waals surface area contributed by atoms with E-state index in [-0.39, 0.29) is 17.3 Å². The lowest BCUT2D eigenvalue weighted by atomic mass is 10.3. The lowest BCUT2D eigenvalue weighted by Gasteiger charge is -2.05. The minimum Gasteiger partial charge on any atom is -0.505 e. The van der Waals surface area contributed by atoms with Gasteiger partial charge in [-0.2, -0.15) is 0 Å². The molecule has 0 unspecified atom stereocenters. The Morgan fingerprint density at radius 1 is 1.53 bits per heavy atom. The van der Waals surface area contributed by atoms with Crippen molar-refractivity contribution in [3.8, 4) is 11.6 Å². The predicted octanol–water partition coefficient (Wildman–Crippen LogP) is 1.66. The summed E-state index contributed by atoms with van der Waals surface area (Å²) in [5, 5.41) is 17.9. The van der Waals surface area contributed by atoms with Crippen LogP contribution in [-0.2, 0) is 0 Å². The molecule has 15 heavy (non-hydrogen) atoms. The van der Waals surface area contributed by atoms with E-state index in [0.717, 1.165) is 12.8 Å². The van der Waals surface area contributed by atoms with Crippen LogP contribution in [0, 0.1) is 0 Å². The minimum atomic E-state index is -1.27. The number of rotatable bonds is 5. The number of aromatic carboxylic acids is 1. The number of pyridine rings is 1. The van der Waals surface area contributed by atoms with Gasteiger partial charge in [0, 0.05) is 6.07 Å². The zero-order valence-corrected chi connectivity index (χ0v) is 8.43. The van der Waals surface area contributed by atoms with Crippen LogP contribution < -0.4 is 4.74 Å². The molecule has 0 aliphatic heterocycles. The Labute approximate surface area is 87.3 Å². The Bertz CT molecular complexity index is 351. The maximum absolute atomic E-state index is 10.6. The fraction of sp³-hybridized carbons (Fsp3) is 0.400. The van der Waals surface area contributed by atoms with E-state index < -0.39 is 5.97 Å². The van der Waals surface area contributed by atoms with Gasteiger partial charge >= 0.3 is 5.97 Å². The summed E-state index contributed by atoms with van der Waals surface area (Å²) in [6, 6.07) is 2.70. The average molecular weight is 211 g/mol. The molecule has 1 aromatic heterocycles. The van der Waals surface area contributed by atoms with Gasteiger partial charge in [0.15, 0.2) is 5.69 Å². The summed E-state index contributed by atoms with van der Waals surface area (Å²) in [5.74, 6) is -1.41. The van der Waals surface area contributed by atoms with Crippen molar-refractivity contribution in [1.82, 2.24) is 4.98 Å². The number of aromatic hydroxyl groups is 1. The van der Waals surface area contributed by atoms with E-state index in [1.807, 2.05) is 6.92 Å². The largest absolute Gasteiger partial charge is 0.505 e. The Kier molecular flexibility index (Phi) is 3.91. The first-order valence-corrected chi connectivity index (χ1v) is 4.71. The molecule has 0 amide bonds. The molecule has 0 atom stereocenters. The molecule has 0 radical (unpaired) electrons. The molecule has 82 valence electrons. The highest BCUT2D eigenvalue weighted by molar-refractivity contribution is 5.88. The fourth-order valence-electron chi connectivity index (χ4n) is 0.993. The van der Waals surface area contributed by atoms with Crippen LogP contribution in [0.4, 0.5) is 0 Å². The molecule has 5 heteroatoms. The summed E-state index contributed by atoms with van der Waals surface area (Å²) < 4.78 is 5.21. The molecule has 0 spiro atoms. The lowest BCUT2D eigenvalue weighted by Crippen LogP contribution is -2.04. The summed E-state index contributed by atoms with van der Waals surface area (Å²) in [6.07, 6.45) is 1.87. The van der Waals surface area contributed by atoms with Gasteiger partial charge in [0.25, 0.3) is 0 Å². The average Bonchev–Trinajstić information content (AvgIpc) is 2.20. The fourth-order valence-corrected chi connectivity index (χ4v) is 0.993. The van der Waals surface area contributed by atoms with Crippen molar-refractivity contribution >= 4 is 5.97 Å². The third kappa shape index (κ3) is 3.12. The van der Waals surface area contributed by atoms with Crippen LogP contribution in [0.15, 0.2) is 12.1 Å². The van der Waals surface area contributed by atoms with E-state index in [4.69, 9.17) is 9.84 Å². The molecule has 0 saturated carbocycles. The number of hydrogen-bond acceptors (Lipinski definition) is 4. The van der Waals surface area contributed by atoms with Crippen molar-refractivity contribution in [3.63, 3.8) is 0 Å². The molecule has 0 aliphatic rings. The Morgan fingerprint density at radius 3 is 2.87 bits per heavy atom. The number of hydrogen-bond donors (Lipinski definition) is 2. The number of aromatic nitrogens is 1. The van der Waals surface area contributed by atoms with Gasteiger partial charge in [0.1, 0.15) is 5.75 Å². The van der Waals surface area contributed by atoms with Crippen molar-refractivity contribution in [2.75, 3.05) is 6.61 Å².